The Bertz CT molecular complexity index is 1260. The minimum absolute atomic E-state index is 0.0780. The van der Waals surface area contributed by atoms with E-state index in [1.165, 1.54) is 24.0 Å². The van der Waals surface area contributed by atoms with E-state index in [4.69, 9.17) is 11.6 Å². The molecule has 0 heterocycles. The SMILES string of the molecule is Cc1cc(N(C)C(=O)c2ccc(N(C)C)cc2)cc2c(O)cc3c(c12)C(C(Cl)C1CC1)CC3C. The van der Waals surface area contributed by atoms with Gasteiger partial charge in [0, 0.05) is 54.8 Å². The molecule has 1 amide bonds. The molecular formula is C29H33ClN2O2. The molecule has 1 saturated carbocycles. The number of carbonyl (C=O) groups is 1. The fraction of sp³-hybridized carbons (Fsp3) is 0.414. The van der Waals surface area contributed by atoms with Crippen LogP contribution < -0.4 is 9.80 Å². The molecule has 3 unspecified atom stereocenters. The summed E-state index contributed by atoms with van der Waals surface area (Å²) in [6.45, 7) is 4.31. The number of aromatic hydroxyl groups is 1. The Hall–Kier alpha value is -2.72. The molecule has 0 spiro atoms. The molecule has 2 aliphatic rings. The molecule has 34 heavy (non-hydrogen) atoms. The van der Waals surface area contributed by atoms with E-state index in [1.807, 2.05) is 55.4 Å². The number of halogens is 1. The summed E-state index contributed by atoms with van der Waals surface area (Å²) in [5, 5.41) is 13.1. The van der Waals surface area contributed by atoms with Gasteiger partial charge in [-0.2, -0.15) is 0 Å². The molecule has 0 saturated heterocycles. The third kappa shape index (κ3) is 3.82. The smallest absolute Gasteiger partial charge is 0.258 e. The minimum Gasteiger partial charge on any atom is -0.507 e. The summed E-state index contributed by atoms with van der Waals surface area (Å²) in [7, 11) is 5.75. The molecule has 2 aliphatic carbocycles. The standard InChI is InChI=1S/C29H33ClN2O2/c1-16-13-24(28(30)18-6-7-18)27-22(16)15-25(33)23-14-21(12-17(2)26(23)27)32(5)29(34)19-8-10-20(11-9-19)31(3)4/h8-12,14-16,18,24,28,33H,6-7,13H2,1-5H3. The molecule has 3 aromatic carbocycles. The van der Waals surface area contributed by atoms with Crippen LogP contribution in [0.4, 0.5) is 11.4 Å². The maximum absolute atomic E-state index is 13.2. The normalized spacial score (nSPS) is 20.3. The van der Waals surface area contributed by atoms with Crippen molar-refractivity contribution in [2.75, 3.05) is 30.9 Å². The van der Waals surface area contributed by atoms with Crippen molar-refractivity contribution in [3.63, 3.8) is 0 Å². The van der Waals surface area contributed by atoms with Crippen LogP contribution in [-0.2, 0) is 0 Å². The van der Waals surface area contributed by atoms with Crippen molar-refractivity contribution >= 4 is 39.7 Å². The number of hydrogen-bond donors (Lipinski definition) is 1. The van der Waals surface area contributed by atoms with Crippen LogP contribution in [0.1, 0.15) is 65.1 Å². The van der Waals surface area contributed by atoms with Crippen molar-refractivity contribution < 1.29 is 9.90 Å². The van der Waals surface area contributed by atoms with Crippen LogP contribution in [0.2, 0.25) is 0 Å². The second-order valence-corrected chi connectivity index (χ2v) is 10.9. The fourth-order valence-corrected chi connectivity index (χ4v) is 6.13. The Morgan fingerprint density at radius 3 is 2.35 bits per heavy atom. The van der Waals surface area contributed by atoms with Gasteiger partial charge in [0.1, 0.15) is 5.75 Å². The summed E-state index contributed by atoms with van der Waals surface area (Å²) in [4.78, 5) is 16.9. The van der Waals surface area contributed by atoms with E-state index in [0.717, 1.165) is 34.1 Å². The van der Waals surface area contributed by atoms with Gasteiger partial charge in [-0.15, -0.1) is 11.6 Å². The first kappa shape index (κ1) is 23.0. The third-order valence-corrected chi connectivity index (χ3v) is 8.42. The zero-order chi connectivity index (χ0) is 24.3. The maximum Gasteiger partial charge on any atom is 0.258 e. The van der Waals surface area contributed by atoms with E-state index in [-0.39, 0.29) is 17.0 Å². The van der Waals surface area contributed by atoms with Gasteiger partial charge in [-0.05, 0) is 103 Å². The number of amides is 1. The van der Waals surface area contributed by atoms with E-state index in [1.54, 1.807) is 11.9 Å². The lowest BCUT2D eigenvalue weighted by Gasteiger charge is -2.23. The lowest BCUT2D eigenvalue weighted by molar-refractivity contribution is 0.0993. The number of rotatable bonds is 5. The molecule has 0 aliphatic heterocycles. The van der Waals surface area contributed by atoms with E-state index in [0.29, 0.717) is 23.3 Å². The number of carbonyl (C=O) groups excluding carboxylic acids is 1. The Balaban J connectivity index is 1.56. The molecule has 178 valence electrons. The molecule has 5 heteroatoms. The zero-order valence-corrected chi connectivity index (χ0v) is 21.4. The quantitative estimate of drug-likeness (QED) is 0.411. The molecule has 1 N–H and O–H groups in total. The first-order valence-corrected chi connectivity index (χ1v) is 12.6. The average molecular weight is 477 g/mol. The van der Waals surface area contributed by atoms with E-state index >= 15 is 0 Å². The number of alkyl halides is 1. The van der Waals surface area contributed by atoms with Crippen molar-refractivity contribution in [3.8, 4) is 5.75 Å². The van der Waals surface area contributed by atoms with Crippen LogP contribution in [0.3, 0.4) is 0 Å². The summed E-state index contributed by atoms with van der Waals surface area (Å²) in [5.74, 6) is 1.49. The number of aryl methyl sites for hydroxylation is 1. The molecule has 3 aromatic rings. The van der Waals surface area contributed by atoms with Crippen LogP contribution in [0.5, 0.6) is 5.75 Å². The predicted octanol–water partition coefficient (Wildman–Crippen LogP) is 6.80. The number of nitrogens with zero attached hydrogens (tertiary/aromatic N) is 2. The number of hydrogen-bond acceptors (Lipinski definition) is 3. The lowest BCUT2D eigenvalue weighted by atomic mass is 9.88. The molecule has 3 atom stereocenters. The van der Waals surface area contributed by atoms with Crippen molar-refractivity contribution in [1.29, 1.82) is 0 Å². The summed E-state index contributed by atoms with van der Waals surface area (Å²) >= 11 is 6.97. The molecule has 0 bridgehead atoms. The van der Waals surface area contributed by atoms with Gasteiger partial charge in [-0.1, -0.05) is 6.92 Å². The Morgan fingerprint density at radius 1 is 1.06 bits per heavy atom. The Labute approximate surface area is 207 Å². The number of phenols is 1. The van der Waals surface area contributed by atoms with Gasteiger partial charge in [0.2, 0.25) is 0 Å². The van der Waals surface area contributed by atoms with E-state index in [9.17, 15) is 9.90 Å². The van der Waals surface area contributed by atoms with E-state index in [2.05, 4.69) is 19.9 Å². The van der Waals surface area contributed by atoms with Crippen LogP contribution in [0, 0.1) is 12.8 Å². The first-order valence-electron chi connectivity index (χ1n) is 12.2. The molecule has 4 nitrogen and oxygen atoms in total. The summed E-state index contributed by atoms with van der Waals surface area (Å²) < 4.78 is 0. The number of fused-ring (bicyclic) bond motifs is 3. The molecule has 0 radical (unpaired) electrons. The van der Waals surface area contributed by atoms with E-state index < -0.39 is 0 Å². The molecule has 0 aromatic heterocycles. The number of anilines is 2. The average Bonchev–Trinajstić information content (AvgIpc) is 3.62. The maximum atomic E-state index is 13.2. The van der Waals surface area contributed by atoms with Crippen LogP contribution in [0.25, 0.3) is 10.8 Å². The molecule has 5 rings (SSSR count). The van der Waals surface area contributed by atoms with Gasteiger partial charge in [0.25, 0.3) is 5.91 Å². The first-order chi connectivity index (χ1) is 16.2. The largest absolute Gasteiger partial charge is 0.507 e. The van der Waals surface area contributed by atoms with Gasteiger partial charge in [-0.25, -0.2) is 0 Å². The highest BCUT2D eigenvalue weighted by molar-refractivity contribution is 6.22. The second-order valence-electron chi connectivity index (χ2n) is 10.4. The van der Waals surface area contributed by atoms with Crippen LogP contribution >= 0.6 is 11.6 Å². The van der Waals surface area contributed by atoms with Gasteiger partial charge in [-0.3, -0.25) is 4.79 Å². The highest BCUT2D eigenvalue weighted by atomic mass is 35.5. The van der Waals surface area contributed by atoms with Crippen molar-refractivity contribution in [2.24, 2.45) is 5.92 Å². The van der Waals surface area contributed by atoms with Gasteiger partial charge >= 0.3 is 0 Å². The van der Waals surface area contributed by atoms with Gasteiger partial charge < -0.3 is 14.9 Å². The molecular weight excluding hydrogens is 444 g/mol. The summed E-state index contributed by atoms with van der Waals surface area (Å²) in [6, 6.07) is 13.6. The van der Waals surface area contributed by atoms with Gasteiger partial charge in [0.15, 0.2) is 0 Å². The van der Waals surface area contributed by atoms with Crippen molar-refractivity contribution in [3.05, 3.63) is 64.7 Å². The predicted molar refractivity (Wildman–Crippen MR) is 142 cm³/mol. The zero-order valence-electron chi connectivity index (χ0n) is 20.6. The highest BCUT2D eigenvalue weighted by Crippen LogP contribution is 2.54. The van der Waals surface area contributed by atoms with Crippen LogP contribution in [0.15, 0.2) is 42.5 Å². The molecule has 1 fully saturated rings. The monoisotopic (exact) mass is 476 g/mol. The fourth-order valence-electron chi connectivity index (χ4n) is 5.65. The van der Waals surface area contributed by atoms with Crippen LogP contribution in [-0.4, -0.2) is 37.5 Å². The van der Waals surface area contributed by atoms with Gasteiger partial charge in [0.05, 0.1) is 0 Å². The summed E-state index contributed by atoms with van der Waals surface area (Å²) in [6.07, 6.45) is 3.47. The van der Waals surface area contributed by atoms with Crippen molar-refractivity contribution in [1.82, 2.24) is 0 Å². The summed E-state index contributed by atoms with van der Waals surface area (Å²) in [5.41, 5.74) is 6.06. The number of benzene rings is 3. The number of phenolic OH excluding ortho intramolecular Hbond substituents is 1. The topological polar surface area (TPSA) is 43.8 Å². The lowest BCUT2D eigenvalue weighted by Crippen LogP contribution is -2.26. The third-order valence-electron chi connectivity index (χ3n) is 7.76. The van der Waals surface area contributed by atoms with Crippen molar-refractivity contribution in [2.45, 2.75) is 50.3 Å². The minimum atomic E-state index is -0.0780. The second kappa shape index (κ2) is 8.49. The highest BCUT2D eigenvalue weighted by Gasteiger charge is 2.42. The Morgan fingerprint density at radius 2 is 1.74 bits per heavy atom. The Kier molecular flexibility index (Phi) is 5.76.